The highest BCUT2D eigenvalue weighted by Crippen LogP contribution is 2.21. The van der Waals surface area contributed by atoms with E-state index in [1.165, 1.54) is 11.3 Å². The second-order valence-corrected chi connectivity index (χ2v) is 6.68. The summed E-state index contributed by atoms with van der Waals surface area (Å²) in [5.41, 5.74) is 0. The van der Waals surface area contributed by atoms with Crippen molar-refractivity contribution in [1.82, 2.24) is 10.6 Å². The van der Waals surface area contributed by atoms with E-state index in [9.17, 15) is 9.59 Å². The molecule has 2 atom stereocenters. The number of rotatable bonds is 6. The van der Waals surface area contributed by atoms with Gasteiger partial charge in [0.15, 0.2) is 0 Å². The van der Waals surface area contributed by atoms with Crippen molar-refractivity contribution < 1.29 is 14.7 Å². The van der Waals surface area contributed by atoms with Gasteiger partial charge in [0.1, 0.15) is 6.04 Å². The lowest BCUT2D eigenvalue weighted by Gasteiger charge is -2.17. The molecule has 0 aliphatic carbocycles. The fraction of sp³-hybridized carbons (Fsp3) is 0.500. The standard InChI is InChI=1S/C12H17BrN2O3S/c1-7(5-6-16)14-11(17)8(2)15-12(18)9-3-4-10(13)19-9/h3-4,7-8,16H,5-6H2,1-2H3,(H,14,17)(H,15,18)/t7-,8+/m1/s1. The summed E-state index contributed by atoms with van der Waals surface area (Å²) in [5, 5.41) is 14.1. The van der Waals surface area contributed by atoms with Gasteiger partial charge in [-0.05, 0) is 48.3 Å². The minimum atomic E-state index is -0.616. The van der Waals surface area contributed by atoms with Crippen LogP contribution in [0.1, 0.15) is 29.9 Å². The molecule has 19 heavy (non-hydrogen) atoms. The van der Waals surface area contributed by atoms with Gasteiger partial charge in [-0.1, -0.05) is 0 Å². The Hall–Kier alpha value is -0.920. The number of thiophene rings is 1. The summed E-state index contributed by atoms with van der Waals surface area (Å²) in [6.07, 6.45) is 0.490. The Morgan fingerprint density at radius 2 is 2.05 bits per heavy atom. The van der Waals surface area contributed by atoms with Gasteiger partial charge in [-0.3, -0.25) is 9.59 Å². The molecule has 0 radical (unpaired) electrons. The van der Waals surface area contributed by atoms with Gasteiger partial charge in [0, 0.05) is 12.6 Å². The van der Waals surface area contributed by atoms with Crippen molar-refractivity contribution in [3.63, 3.8) is 0 Å². The van der Waals surface area contributed by atoms with Gasteiger partial charge in [-0.15, -0.1) is 11.3 Å². The van der Waals surface area contributed by atoms with Crippen LogP contribution in [0, 0.1) is 0 Å². The third-order valence-electron chi connectivity index (χ3n) is 2.49. The second-order valence-electron chi connectivity index (χ2n) is 4.22. The lowest BCUT2D eigenvalue weighted by molar-refractivity contribution is -0.123. The maximum Gasteiger partial charge on any atom is 0.262 e. The number of carbonyl (C=O) groups excluding carboxylic acids is 2. The zero-order chi connectivity index (χ0) is 14.4. The molecular formula is C12H17BrN2O3S. The maximum atomic E-state index is 11.8. The van der Waals surface area contributed by atoms with Crippen molar-refractivity contribution in [3.05, 3.63) is 20.8 Å². The lowest BCUT2D eigenvalue weighted by atomic mass is 10.2. The number of hydrogen-bond donors (Lipinski definition) is 3. The zero-order valence-electron chi connectivity index (χ0n) is 10.8. The van der Waals surface area contributed by atoms with Crippen LogP contribution in [0.4, 0.5) is 0 Å². The molecule has 0 bridgehead atoms. The van der Waals surface area contributed by atoms with Gasteiger partial charge in [0.25, 0.3) is 5.91 Å². The number of amides is 2. The van der Waals surface area contributed by atoms with Crippen LogP contribution in [0.2, 0.25) is 0 Å². The molecule has 7 heteroatoms. The van der Waals surface area contributed by atoms with E-state index < -0.39 is 6.04 Å². The summed E-state index contributed by atoms with van der Waals surface area (Å²) >= 11 is 4.59. The summed E-state index contributed by atoms with van der Waals surface area (Å²) in [4.78, 5) is 24.2. The van der Waals surface area contributed by atoms with E-state index in [-0.39, 0.29) is 24.5 Å². The number of aliphatic hydroxyl groups is 1. The van der Waals surface area contributed by atoms with Crippen molar-refractivity contribution in [3.8, 4) is 0 Å². The number of carbonyl (C=O) groups is 2. The number of aliphatic hydroxyl groups excluding tert-OH is 1. The molecule has 1 rings (SSSR count). The molecule has 0 spiro atoms. The van der Waals surface area contributed by atoms with Crippen LogP contribution in [0.15, 0.2) is 15.9 Å². The zero-order valence-corrected chi connectivity index (χ0v) is 13.2. The Morgan fingerprint density at radius 3 is 2.58 bits per heavy atom. The van der Waals surface area contributed by atoms with Crippen molar-refractivity contribution in [2.75, 3.05) is 6.61 Å². The Balaban J connectivity index is 2.47. The summed E-state index contributed by atoms with van der Waals surface area (Å²) in [6, 6.07) is 2.75. The van der Waals surface area contributed by atoms with Gasteiger partial charge in [0.05, 0.1) is 8.66 Å². The van der Waals surface area contributed by atoms with E-state index in [0.717, 1.165) is 3.79 Å². The molecule has 0 saturated carbocycles. The lowest BCUT2D eigenvalue weighted by Crippen LogP contribution is -2.47. The molecule has 5 nitrogen and oxygen atoms in total. The van der Waals surface area contributed by atoms with Crippen LogP contribution in [-0.2, 0) is 4.79 Å². The fourth-order valence-electron chi connectivity index (χ4n) is 1.40. The average molecular weight is 349 g/mol. The smallest absolute Gasteiger partial charge is 0.262 e. The van der Waals surface area contributed by atoms with Crippen LogP contribution >= 0.6 is 27.3 Å². The van der Waals surface area contributed by atoms with E-state index in [2.05, 4.69) is 26.6 Å². The van der Waals surface area contributed by atoms with Crippen LogP contribution in [0.5, 0.6) is 0 Å². The van der Waals surface area contributed by atoms with E-state index in [1.807, 2.05) is 0 Å². The van der Waals surface area contributed by atoms with Gasteiger partial charge < -0.3 is 15.7 Å². The second kappa shape index (κ2) is 7.62. The molecule has 0 aliphatic heterocycles. The molecule has 3 N–H and O–H groups in total. The molecule has 106 valence electrons. The summed E-state index contributed by atoms with van der Waals surface area (Å²) in [6.45, 7) is 3.45. The first kappa shape index (κ1) is 16.1. The van der Waals surface area contributed by atoms with E-state index in [1.54, 1.807) is 26.0 Å². The molecule has 0 saturated heterocycles. The molecule has 1 heterocycles. The van der Waals surface area contributed by atoms with Crippen molar-refractivity contribution >= 4 is 39.1 Å². The van der Waals surface area contributed by atoms with Gasteiger partial charge in [-0.2, -0.15) is 0 Å². The highest BCUT2D eigenvalue weighted by molar-refractivity contribution is 9.11. The minimum absolute atomic E-state index is 0.0193. The van der Waals surface area contributed by atoms with E-state index in [0.29, 0.717) is 11.3 Å². The van der Waals surface area contributed by atoms with Crippen LogP contribution in [0.25, 0.3) is 0 Å². The summed E-state index contributed by atoms with van der Waals surface area (Å²) < 4.78 is 0.867. The molecule has 0 aliphatic rings. The summed E-state index contributed by atoms with van der Waals surface area (Å²) in [5.74, 6) is -0.530. The molecule has 1 aromatic rings. The van der Waals surface area contributed by atoms with Crippen LogP contribution in [-0.4, -0.2) is 35.6 Å². The molecule has 2 amide bonds. The largest absolute Gasteiger partial charge is 0.396 e. The highest BCUT2D eigenvalue weighted by Gasteiger charge is 2.18. The first-order chi connectivity index (χ1) is 8.93. The average Bonchev–Trinajstić information content (AvgIpc) is 2.76. The van der Waals surface area contributed by atoms with Crippen molar-refractivity contribution in [1.29, 1.82) is 0 Å². The number of hydrogen-bond acceptors (Lipinski definition) is 4. The molecule has 0 aromatic carbocycles. The number of nitrogens with one attached hydrogen (secondary N) is 2. The third kappa shape index (κ3) is 5.30. The Labute approximate surface area is 124 Å². The topological polar surface area (TPSA) is 78.4 Å². The van der Waals surface area contributed by atoms with Crippen molar-refractivity contribution in [2.24, 2.45) is 0 Å². The Bertz CT molecular complexity index is 450. The summed E-state index contributed by atoms with van der Waals surface area (Å²) in [7, 11) is 0. The minimum Gasteiger partial charge on any atom is -0.396 e. The molecule has 0 fully saturated rings. The SMILES string of the molecule is C[C@H](CCO)NC(=O)[C@H](C)NC(=O)c1ccc(Br)s1. The van der Waals surface area contributed by atoms with Gasteiger partial charge in [0.2, 0.25) is 5.91 Å². The third-order valence-corrected chi connectivity index (χ3v) is 4.11. The van der Waals surface area contributed by atoms with Gasteiger partial charge >= 0.3 is 0 Å². The molecular weight excluding hydrogens is 332 g/mol. The monoisotopic (exact) mass is 348 g/mol. The maximum absolute atomic E-state index is 11.8. The molecule has 1 aromatic heterocycles. The highest BCUT2D eigenvalue weighted by atomic mass is 79.9. The Morgan fingerprint density at radius 1 is 1.37 bits per heavy atom. The predicted molar refractivity (Wildman–Crippen MR) is 78.3 cm³/mol. The predicted octanol–water partition coefficient (Wildman–Crippen LogP) is 1.52. The normalized spacial score (nSPS) is 13.7. The molecule has 0 unspecified atom stereocenters. The first-order valence-corrected chi connectivity index (χ1v) is 7.52. The van der Waals surface area contributed by atoms with E-state index in [4.69, 9.17) is 5.11 Å². The van der Waals surface area contributed by atoms with Crippen molar-refractivity contribution in [2.45, 2.75) is 32.4 Å². The first-order valence-electron chi connectivity index (χ1n) is 5.91. The van der Waals surface area contributed by atoms with Crippen LogP contribution < -0.4 is 10.6 Å². The van der Waals surface area contributed by atoms with Gasteiger partial charge in [-0.25, -0.2) is 0 Å². The number of halogens is 1. The Kier molecular flexibility index (Phi) is 6.47. The van der Waals surface area contributed by atoms with E-state index >= 15 is 0 Å². The quantitative estimate of drug-likeness (QED) is 0.729. The fourth-order valence-corrected chi connectivity index (χ4v) is 2.69. The van der Waals surface area contributed by atoms with Crippen LogP contribution in [0.3, 0.4) is 0 Å².